The number of nitrogens with two attached hydrogens (primary N) is 2. The number of carbonyl (C=O) groups is 6. The van der Waals surface area contributed by atoms with E-state index in [0.29, 0.717) is 40.6 Å². The van der Waals surface area contributed by atoms with Crippen LogP contribution in [0.3, 0.4) is 0 Å². The molecule has 6 aromatic rings. The number of carbonyl (C=O) groups excluding carboxylic acids is 6. The largest absolute Gasteiger partial charge is 0.507 e. The summed E-state index contributed by atoms with van der Waals surface area (Å²) in [7, 11) is 0. The van der Waals surface area contributed by atoms with Gasteiger partial charge in [0.15, 0.2) is 11.6 Å². The third-order valence-corrected chi connectivity index (χ3v) is 13.5. The molecule has 316 valence electrons. The molecule has 6 N–H and O–H groups in total. The van der Waals surface area contributed by atoms with Gasteiger partial charge in [-0.2, -0.15) is 0 Å². The first-order valence-electron chi connectivity index (χ1n) is 19.3. The van der Waals surface area contributed by atoms with Crippen molar-refractivity contribution < 1.29 is 59.1 Å². The number of benzene rings is 6. The van der Waals surface area contributed by atoms with Crippen molar-refractivity contribution in [2.75, 3.05) is 13.2 Å². The van der Waals surface area contributed by atoms with Crippen LogP contribution < -0.4 is 10.6 Å². The van der Waals surface area contributed by atoms with E-state index in [1.807, 2.05) is 24.3 Å². The maximum Gasteiger partial charge on any atom is 0.317 e. The molecule has 2 aliphatic carbocycles. The highest BCUT2D eigenvalue weighted by atomic mass is 79.9. The molecule has 0 saturated heterocycles. The van der Waals surface area contributed by atoms with Crippen LogP contribution in [0.1, 0.15) is 81.2 Å². The number of aromatic hydroxyl groups is 2. The van der Waals surface area contributed by atoms with E-state index in [1.54, 1.807) is 71.3 Å². The number of ether oxygens (including phenoxy) is 2. The quantitative estimate of drug-likeness (QED) is 0.0403. The van der Waals surface area contributed by atoms with Crippen LogP contribution >= 0.6 is 63.7 Å². The van der Waals surface area contributed by atoms with Crippen LogP contribution in [0.15, 0.2) is 115 Å². The summed E-state index contributed by atoms with van der Waals surface area (Å²) >= 11 is 14.2. The lowest BCUT2D eigenvalue weighted by atomic mass is 9.82. The fourth-order valence-electron chi connectivity index (χ4n) is 7.64. The molecule has 0 spiro atoms. The molecule has 0 radical (unpaired) electrons. The zero-order chi connectivity index (χ0) is 44.7. The highest BCUT2D eigenvalue weighted by molar-refractivity contribution is 9.11. The monoisotopic (exact) mass is 1100 g/mol. The standard InChI is InChI=1S/C47H30Br4N2O10/c48-28-19-30(50)34(52-32-9-11-36(54)42-40(32)44(58)24-5-1-3-7-26(24)46(42)60)17-22(28)13-15-62-38(56)21-39(57)63-16-14-23-18-35(31(51)20-29(23)49)53-33-10-12-37(55)43-41(33)45(59)25-6-2-4-8-27(25)47(43)61/h1-12,17-20,52-55H,13-16,21H2/p+2. The Balaban J connectivity index is 0.864. The van der Waals surface area contributed by atoms with E-state index < -0.39 is 29.9 Å². The number of ketones is 4. The summed E-state index contributed by atoms with van der Waals surface area (Å²) in [6.45, 7) is -0.0996. The number of rotatable bonds is 12. The smallest absolute Gasteiger partial charge is 0.317 e. The molecule has 6 aromatic carbocycles. The minimum atomic E-state index is -0.770. The SMILES string of the molecule is O=C(CC(=O)OCCc1cc([NH2+]c2ccc(O)c3c2C(=O)c2ccccc2C3=O)c(Br)cc1Br)OCCc1cc([NH2+]c2ccc(O)c3c2C(=O)c2ccccc2C3=O)c(Br)cc1Br. The molecule has 2 aliphatic rings. The van der Waals surface area contributed by atoms with Crippen molar-refractivity contribution in [2.24, 2.45) is 0 Å². The third-order valence-electron chi connectivity index (χ3n) is 10.7. The molecule has 0 amide bonds. The third kappa shape index (κ3) is 8.71. The number of hydrogen-bond donors (Lipinski definition) is 4. The Morgan fingerprint density at radius 1 is 0.460 bits per heavy atom. The second-order valence-corrected chi connectivity index (χ2v) is 18.0. The molecule has 0 atom stereocenters. The van der Waals surface area contributed by atoms with Gasteiger partial charge in [-0.3, -0.25) is 39.4 Å². The van der Waals surface area contributed by atoms with Crippen LogP contribution in [0, 0.1) is 0 Å². The maximum absolute atomic E-state index is 13.6. The predicted octanol–water partition coefficient (Wildman–Crippen LogP) is 8.01. The number of phenols is 2. The molecule has 0 saturated carbocycles. The number of esters is 2. The van der Waals surface area contributed by atoms with Crippen LogP contribution in [0.25, 0.3) is 0 Å². The summed E-state index contributed by atoms with van der Waals surface area (Å²) in [5.41, 5.74) is 4.82. The number of fused-ring (bicyclic) bond motifs is 4. The van der Waals surface area contributed by atoms with E-state index in [1.165, 1.54) is 12.1 Å². The first-order valence-corrected chi connectivity index (χ1v) is 22.4. The summed E-state index contributed by atoms with van der Waals surface area (Å²) < 4.78 is 13.6. The van der Waals surface area contributed by atoms with Crippen molar-refractivity contribution >= 4 is 122 Å². The minimum Gasteiger partial charge on any atom is -0.507 e. The zero-order valence-electron chi connectivity index (χ0n) is 32.6. The number of quaternary nitrogens is 2. The zero-order valence-corrected chi connectivity index (χ0v) is 38.9. The summed E-state index contributed by atoms with van der Waals surface area (Å²) in [6.07, 6.45) is -0.0595. The molecular formula is C47H32Br4N2O10+2. The molecule has 0 heterocycles. The van der Waals surface area contributed by atoms with E-state index in [-0.39, 0.29) is 93.6 Å². The number of hydrogen-bond acceptors (Lipinski definition) is 10. The average Bonchev–Trinajstić information content (AvgIpc) is 3.25. The lowest BCUT2D eigenvalue weighted by Gasteiger charge is -2.20. The topological polar surface area (TPSA) is 195 Å². The Kier molecular flexibility index (Phi) is 12.7. The van der Waals surface area contributed by atoms with E-state index in [4.69, 9.17) is 9.47 Å². The molecular weight excluding hydrogens is 1070 g/mol. The van der Waals surface area contributed by atoms with Crippen LogP contribution in [0.2, 0.25) is 0 Å². The van der Waals surface area contributed by atoms with Crippen LogP contribution in [-0.2, 0) is 31.9 Å². The summed E-state index contributed by atoms with van der Waals surface area (Å²) in [4.78, 5) is 79.2. The first-order chi connectivity index (χ1) is 30.2. The van der Waals surface area contributed by atoms with Gasteiger partial charge >= 0.3 is 11.9 Å². The van der Waals surface area contributed by atoms with Gasteiger partial charge in [-0.05, 0) is 67.3 Å². The number of phenolic OH excluding ortho intramolecular Hbond substituents is 2. The van der Waals surface area contributed by atoms with Crippen LogP contribution in [-0.4, -0.2) is 58.5 Å². The van der Waals surface area contributed by atoms with E-state index in [2.05, 4.69) is 63.7 Å². The molecule has 0 aliphatic heterocycles. The highest BCUT2D eigenvalue weighted by Crippen LogP contribution is 2.38. The van der Waals surface area contributed by atoms with Gasteiger partial charge < -0.3 is 19.7 Å². The summed E-state index contributed by atoms with van der Waals surface area (Å²) in [5, 5.41) is 24.7. The van der Waals surface area contributed by atoms with Crippen molar-refractivity contribution in [1.29, 1.82) is 0 Å². The molecule has 0 aromatic heterocycles. The van der Waals surface area contributed by atoms with E-state index in [9.17, 15) is 39.0 Å². The van der Waals surface area contributed by atoms with Gasteiger partial charge in [-0.25, -0.2) is 0 Å². The second kappa shape index (κ2) is 18.2. The molecule has 16 heteroatoms. The number of halogens is 4. The highest BCUT2D eigenvalue weighted by Gasteiger charge is 2.37. The Morgan fingerprint density at radius 2 is 0.810 bits per heavy atom. The average molecular weight is 1100 g/mol. The Bertz CT molecular complexity index is 2790. The molecule has 63 heavy (non-hydrogen) atoms. The van der Waals surface area contributed by atoms with Gasteiger partial charge in [-0.15, -0.1) is 0 Å². The van der Waals surface area contributed by atoms with Crippen molar-refractivity contribution in [3.05, 3.63) is 171 Å². The van der Waals surface area contributed by atoms with Gasteiger partial charge in [0.05, 0.1) is 44.4 Å². The van der Waals surface area contributed by atoms with Gasteiger partial charge in [-0.1, -0.05) is 80.4 Å². The van der Waals surface area contributed by atoms with Gasteiger partial charge in [0.1, 0.15) is 40.7 Å². The molecule has 0 bridgehead atoms. The van der Waals surface area contributed by atoms with Crippen LogP contribution in [0.5, 0.6) is 11.5 Å². The van der Waals surface area contributed by atoms with E-state index >= 15 is 0 Å². The van der Waals surface area contributed by atoms with Gasteiger partial charge in [0, 0.05) is 68.3 Å². The summed E-state index contributed by atoms with van der Waals surface area (Å²) in [5.74, 6) is -3.72. The normalized spacial score (nSPS) is 12.6. The van der Waals surface area contributed by atoms with Crippen LogP contribution in [0.4, 0.5) is 22.7 Å². The maximum atomic E-state index is 13.6. The van der Waals surface area contributed by atoms with Gasteiger partial charge in [0.25, 0.3) is 0 Å². The van der Waals surface area contributed by atoms with Gasteiger partial charge in [0.2, 0.25) is 11.6 Å². The fraction of sp³-hybridized carbons (Fsp3) is 0.106. The lowest BCUT2D eigenvalue weighted by Crippen LogP contribution is -2.72. The second-order valence-electron chi connectivity index (χ2n) is 14.6. The van der Waals surface area contributed by atoms with Crippen molar-refractivity contribution in [3.63, 3.8) is 0 Å². The lowest BCUT2D eigenvalue weighted by molar-refractivity contribution is -0.480. The molecule has 0 fully saturated rings. The van der Waals surface area contributed by atoms with Crippen molar-refractivity contribution in [3.8, 4) is 11.5 Å². The molecule has 8 rings (SSSR count). The Labute approximate surface area is 392 Å². The molecule has 0 unspecified atom stereocenters. The first kappa shape index (κ1) is 44.0. The van der Waals surface area contributed by atoms with Crippen molar-refractivity contribution in [2.45, 2.75) is 19.3 Å². The Morgan fingerprint density at radius 3 is 1.17 bits per heavy atom. The summed E-state index contributed by atoms with van der Waals surface area (Å²) in [6, 6.07) is 26.2. The fourth-order valence-corrected chi connectivity index (χ4v) is 10.3. The molecule has 12 nitrogen and oxygen atoms in total. The van der Waals surface area contributed by atoms with E-state index in [0.717, 1.165) is 11.1 Å². The predicted molar refractivity (Wildman–Crippen MR) is 243 cm³/mol. The minimum absolute atomic E-state index is 0.0487. The Hall–Kier alpha value is -5.62. The van der Waals surface area contributed by atoms with Crippen molar-refractivity contribution in [1.82, 2.24) is 0 Å².